The van der Waals surface area contributed by atoms with Crippen LogP contribution in [0.5, 0.6) is 0 Å². The number of nitrogens with one attached hydrogen (secondary N) is 5. The lowest BCUT2D eigenvalue weighted by molar-refractivity contribution is -0.161. The summed E-state index contributed by atoms with van der Waals surface area (Å²) in [6.45, 7) is 12.0. The molecule has 0 saturated carbocycles. The standard InChI is InChI=1S/C18H14F4N2O4S.2C16H18N2O4S.C16H20N2/c1-17(26,10-29(27,28)14-6-3-12(19)4-7-14)16(25)24-13-5-2-11(9-23)15(8-13)18(20,21)22;2*1-16(2)12(15(21)22)18-13(20)11(14(18)23-16)17-10(19)8-9-6-4-3-5-7-9;1-3-7-15(8-4-1)13-17-11-12-18-14-16-9-5-2-6-10-16/h2-8,26H,10H2,1H3,(H,24,25);2*3-7,11-12,14H,8H2,1-2H3,(H,17,19)(H,21,22);1-10,17-18H,11-14H2/t;2*11-,12+,14-;/m.11./s1. The molecule has 0 aromatic heterocycles. The van der Waals surface area contributed by atoms with Gasteiger partial charge < -0.3 is 51.7 Å². The van der Waals surface area contributed by atoms with Crippen molar-refractivity contribution in [2.45, 2.75) is 122 Å². The Balaban J connectivity index is 0.000000178. The fourth-order valence-electron chi connectivity index (χ4n) is 10.5. The summed E-state index contributed by atoms with van der Waals surface area (Å²) < 4.78 is 75.5. The zero-order chi connectivity index (χ0) is 68.1. The molecular weight excluding hydrogens is 1270 g/mol. The highest BCUT2D eigenvalue weighted by atomic mass is 32.2. The number of sulfone groups is 1. The molecule has 1 unspecified atom stereocenters. The van der Waals surface area contributed by atoms with E-state index in [2.05, 4.69) is 69.8 Å². The molecule has 0 aliphatic carbocycles. The van der Waals surface area contributed by atoms with Crippen LogP contribution < -0.4 is 26.6 Å². The van der Waals surface area contributed by atoms with Gasteiger partial charge in [0.05, 0.1) is 40.7 Å². The summed E-state index contributed by atoms with van der Waals surface area (Å²) in [7, 11) is -4.21. The molecule has 0 spiro atoms. The van der Waals surface area contributed by atoms with Gasteiger partial charge in [-0.2, -0.15) is 18.4 Å². The lowest BCUT2D eigenvalue weighted by Crippen LogP contribution is -2.70. The number of carboxylic acids is 2. The Morgan fingerprint density at radius 2 is 1.00 bits per heavy atom. The molecule has 4 aliphatic heterocycles. The fraction of sp³-hybridized carbons (Fsp3) is 0.333. The highest BCUT2D eigenvalue weighted by Gasteiger charge is 2.65. The number of aliphatic hydroxyl groups is 1. The van der Waals surface area contributed by atoms with Gasteiger partial charge in [-0.05, 0) is 99.3 Å². The number of carbonyl (C=O) groups is 7. The summed E-state index contributed by atoms with van der Waals surface area (Å²) in [5.74, 6) is -6.17. The van der Waals surface area contributed by atoms with E-state index in [4.69, 9.17) is 5.26 Å². The predicted molar refractivity (Wildman–Crippen MR) is 342 cm³/mol. The highest BCUT2D eigenvalue weighted by Crippen LogP contribution is 2.52. The number of anilines is 1. The Morgan fingerprint density at radius 1 is 0.613 bits per heavy atom. The SMILES string of the molecule is CC(O)(CS(=O)(=O)c1ccc(F)cc1)C(=O)Nc1ccc(C#N)c(C(F)(F)F)c1.CC1(C)S[C@@H]2[C@H](NC(=O)Cc3ccccc3)C(=O)N2[C@H]1C(=O)O.CC1(C)S[C@@H]2[C@H](NC(=O)Cc3ccccc3)C(=O)N2[C@H]1C(=O)O.c1ccc(CNCCNCc2ccccc2)cc1. The molecule has 0 bridgehead atoms. The predicted octanol–water partition coefficient (Wildman–Crippen LogP) is 7.17. The van der Waals surface area contributed by atoms with Crippen LogP contribution in [0, 0.1) is 17.1 Å². The maximum atomic E-state index is 13.0. The Morgan fingerprint density at radius 3 is 1.37 bits per heavy atom. The Kier molecular flexibility index (Phi) is 23.8. The quantitative estimate of drug-likeness (QED) is 0.0163. The minimum absolute atomic E-state index is 0.202. The third kappa shape index (κ3) is 18.8. The van der Waals surface area contributed by atoms with E-state index >= 15 is 0 Å². The molecule has 5 amide bonds. The number of aliphatic carboxylic acids is 2. The first-order chi connectivity index (χ1) is 43.8. The number of benzene rings is 6. The number of nitriles is 1. The molecule has 27 heteroatoms. The molecule has 7 atom stereocenters. The molecule has 93 heavy (non-hydrogen) atoms. The number of rotatable bonds is 20. The second-order valence-electron chi connectivity index (χ2n) is 23.2. The number of hydrogen-bond acceptors (Lipinski definition) is 15. The second-order valence-corrected chi connectivity index (χ2v) is 28.8. The zero-order valence-electron chi connectivity index (χ0n) is 51.1. The maximum absolute atomic E-state index is 13.0. The number of nitrogens with zero attached hydrogens (tertiary/aromatic N) is 3. The molecule has 8 N–H and O–H groups in total. The van der Waals surface area contributed by atoms with Crippen LogP contribution in [-0.2, 0) is 75.5 Å². The van der Waals surface area contributed by atoms with Crippen LogP contribution in [0.3, 0.4) is 0 Å². The minimum atomic E-state index is -4.86. The van der Waals surface area contributed by atoms with E-state index < -0.39 is 95.8 Å². The smallest absolute Gasteiger partial charge is 0.417 e. The monoisotopic (exact) mass is 1340 g/mol. The van der Waals surface area contributed by atoms with Gasteiger partial charge in [-0.15, -0.1) is 23.5 Å². The van der Waals surface area contributed by atoms with Crippen molar-refractivity contribution in [3.63, 3.8) is 0 Å². The molecule has 4 saturated heterocycles. The van der Waals surface area contributed by atoms with Gasteiger partial charge >= 0.3 is 18.1 Å². The van der Waals surface area contributed by atoms with E-state index in [1.807, 2.05) is 106 Å². The lowest BCUT2D eigenvalue weighted by Gasteiger charge is -2.43. The van der Waals surface area contributed by atoms with E-state index in [1.54, 1.807) is 0 Å². The van der Waals surface area contributed by atoms with Crippen molar-refractivity contribution in [1.29, 1.82) is 5.26 Å². The summed E-state index contributed by atoms with van der Waals surface area (Å²) in [4.78, 5) is 86.3. The number of carbonyl (C=O) groups excluding carboxylic acids is 5. The van der Waals surface area contributed by atoms with Crippen molar-refractivity contribution in [3.8, 4) is 6.07 Å². The molecule has 10 rings (SSSR count). The van der Waals surface area contributed by atoms with Gasteiger partial charge in [-0.3, -0.25) is 24.0 Å². The lowest BCUT2D eigenvalue weighted by atomic mass is 9.96. The average molecular weight is 1340 g/mol. The van der Waals surface area contributed by atoms with Crippen LogP contribution in [0.15, 0.2) is 169 Å². The average Bonchev–Trinajstić information content (AvgIpc) is 1.58. The summed E-state index contributed by atoms with van der Waals surface area (Å²) in [6, 6.07) is 43.9. The molecule has 0 radical (unpaired) electrons. The first kappa shape index (κ1) is 71.8. The first-order valence-electron chi connectivity index (χ1n) is 29.1. The number of amides is 5. The minimum Gasteiger partial charge on any atom is -0.480 e. The molecule has 492 valence electrons. The Bertz CT molecular complexity index is 3640. The number of hydrogen-bond donors (Lipinski definition) is 8. The number of β-lactam (4-membered cyclic amide) rings is 2. The third-order valence-electron chi connectivity index (χ3n) is 15.1. The van der Waals surface area contributed by atoms with E-state index in [0.29, 0.717) is 6.07 Å². The van der Waals surface area contributed by atoms with Gasteiger partial charge in [0.1, 0.15) is 40.7 Å². The molecular formula is C66H70F4N8O12S3. The van der Waals surface area contributed by atoms with Crippen LogP contribution in [0.2, 0.25) is 0 Å². The van der Waals surface area contributed by atoms with Gasteiger partial charge in [-0.25, -0.2) is 22.4 Å². The van der Waals surface area contributed by atoms with Gasteiger partial charge in [0.25, 0.3) is 5.91 Å². The van der Waals surface area contributed by atoms with Gasteiger partial charge in [0.15, 0.2) is 15.4 Å². The van der Waals surface area contributed by atoms with Crippen LogP contribution in [0.4, 0.5) is 23.2 Å². The van der Waals surface area contributed by atoms with Crippen molar-refractivity contribution in [3.05, 3.63) is 203 Å². The molecule has 4 fully saturated rings. The van der Waals surface area contributed by atoms with Gasteiger partial charge in [-0.1, -0.05) is 121 Å². The number of alkyl halides is 3. The fourth-order valence-corrected chi connectivity index (χ4v) is 15.4. The molecule has 6 aromatic carbocycles. The highest BCUT2D eigenvalue weighted by molar-refractivity contribution is 8.02. The van der Waals surface area contributed by atoms with Crippen LogP contribution in [0.1, 0.15) is 68.0 Å². The van der Waals surface area contributed by atoms with Crippen molar-refractivity contribution < 1.29 is 74.9 Å². The summed E-state index contributed by atoms with van der Waals surface area (Å²) in [5, 5.41) is 51.5. The second kappa shape index (κ2) is 30.9. The zero-order valence-corrected chi connectivity index (χ0v) is 53.5. The maximum Gasteiger partial charge on any atom is 0.417 e. The Hall–Kier alpha value is -8.65. The van der Waals surface area contributed by atoms with Gasteiger partial charge in [0, 0.05) is 41.4 Å². The van der Waals surface area contributed by atoms with Crippen LogP contribution in [-0.4, -0.2) is 144 Å². The van der Waals surface area contributed by atoms with Gasteiger partial charge in [0.2, 0.25) is 23.6 Å². The Labute approximate surface area is 543 Å². The largest absolute Gasteiger partial charge is 0.480 e. The summed E-state index contributed by atoms with van der Waals surface area (Å²) in [5.41, 5.74) is -0.452. The van der Waals surface area contributed by atoms with Crippen molar-refractivity contribution in [2.24, 2.45) is 0 Å². The van der Waals surface area contributed by atoms with E-state index in [-0.39, 0.29) is 57.8 Å². The van der Waals surface area contributed by atoms with E-state index in [0.717, 1.165) is 80.6 Å². The van der Waals surface area contributed by atoms with E-state index in [1.165, 1.54) is 50.5 Å². The number of thioether (sulfide) groups is 2. The van der Waals surface area contributed by atoms with Crippen molar-refractivity contribution >= 4 is 80.5 Å². The molecule has 20 nitrogen and oxygen atoms in total. The first-order valence-corrected chi connectivity index (χ1v) is 32.5. The molecule has 4 heterocycles. The summed E-state index contributed by atoms with van der Waals surface area (Å²) in [6.07, 6.45) is -4.46. The molecule has 4 aliphatic rings. The normalized spacial score (nSPS) is 20.2. The van der Waals surface area contributed by atoms with E-state index in [9.17, 15) is 74.9 Å². The topological polar surface area (TPSA) is 305 Å². The van der Waals surface area contributed by atoms with Crippen LogP contribution >= 0.6 is 23.5 Å². The summed E-state index contributed by atoms with van der Waals surface area (Å²) >= 11 is 2.85. The number of fused-ring (bicyclic) bond motifs is 2. The van der Waals surface area contributed by atoms with Crippen LogP contribution in [0.25, 0.3) is 0 Å². The third-order valence-corrected chi connectivity index (χ3v) is 20.1. The van der Waals surface area contributed by atoms with Crippen molar-refractivity contribution in [1.82, 2.24) is 31.1 Å². The number of halogens is 4. The molecule has 6 aromatic rings. The van der Waals surface area contributed by atoms with Crippen molar-refractivity contribution in [2.75, 3.05) is 24.2 Å². The number of carboxylic acid groups (broad SMARTS) is 2.